The van der Waals surface area contributed by atoms with Crippen LogP contribution >= 0.6 is 0 Å². The lowest BCUT2D eigenvalue weighted by Gasteiger charge is -2.09. The maximum absolute atomic E-state index is 5.61. The molecule has 0 unspecified atom stereocenters. The second-order valence-electron chi connectivity index (χ2n) is 5.27. The van der Waals surface area contributed by atoms with E-state index in [9.17, 15) is 0 Å². The first-order valence-electron chi connectivity index (χ1n) is 6.98. The van der Waals surface area contributed by atoms with Crippen LogP contribution in [0, 0.1) is 6.92 Å². The summed E-state index contributed by atoms with van der Waals surface area (Å²) in [5.41, 5.74) is 3.95. The number of aryl methyl sites for hydroxylation is 1. The maximum atomic E-state index is 5.61. The molecule has 104 valence electrons. The van der Waals surface area contributed by atoms with Gasteiger partial charge in [-0.05, 0) is 37.6 Å². The van der Waals surface area contributed by atoms with Gasteiger partial charge in [-0.1, -0.05) is 13.8 Å². The van der Waals surface area contributed by atoms with E-state index in [0.29, 0.717) is 12.6 Å². The molecule has 2 rings (SSSR count). The van der Waals surface area contributed by atoms with Gasteiger partial charge in [0, 0.05) is 36.2 Å². The zero-order valence-corrected chi connectivity index (χ0v) is 12.6. The molecule has 0 spiro atoms. The number of fused-ring (bicyclic) bond motifs is 1. The Balaban J connectivity index is 2.47. The van der Waals surface area contributed by atoms with Gasteiger partial charge >= 0.3 is 0 Å². The molecule has 1 heterocycles. The summed E-state index contributed by atoms with van der Waals surface area (Å²) in [7, 11) is 2.12. The van der Waals surface area contributed by atoms with E-state index in [1.807, 2.05) is 13.0 Å². The van der Waals surface area contributed by atoms with E-state index in [-0.39, 0.29) is 0 Å². The van der Waals surface area contributed by atoms with Crippen molar-refractivity contribution in [3.05, 3.63) is 29.5 Å². The van der Waals surface area contributed by atoms with E-state index in [4.69, 9.17) is 4.74 Å². The summed E-state index contributed by atoms with van der Waals surface area (Å²) in [6.45, 7) is 10.1. The lowest BCUT2D eigenvalue weighted by atomic mass is 10.1. The molecule has 19 heavy (non-hydrogen) atoms. The average Bonchev–Trinajstić information content (AvgIpc) is 2.60. The molecule has 3 nitrogen and oxygen atoms in total. The lowest BCUT2D eigenvalue weighted by molar-refractivity contribution is 0.340. The smallest absolute Gasteiger partial charge is 0.120 e. The zero-order valence-electron chi connectivity index (χ0n) is 12.6. The highest BCUT2D eigenvalue weighted by Crippen LogP contribution is 2.28. The first-order valence-corrected chi connectivity index (χ1v) is 6.98. The SMILES string of the molecule is CCOc1ccc2c(c1)c(CNC(C)C)c(C)n2C. The fourth-order valence-electron chi connectivity index (χ4n) is 2.41. The third-order valence-electron chi connectivity index (χ3n) is 3.59. The van der Waals surface area contributed by atoms with Crippen LogP contribution < -0.4 is 10.1 Å². The average molecular weight is 260 g/mol. The van der Waals surface area contributed by atoms with Crippen LogP contribution in [0.15, 0.2) is 18.2 Å². The minimum Gasteiger partial charge on any atom is -0.494 e. The monoisotopic (exact) mass is 260 g/mol. The van der Waals surface area contributed by atoms with Crippen molar-refractivity contribution in [2.45, 2.75) is 40.3 Å². The standard InChI is InChI=1S/C16H24N2O/c1-6-19-13-7-8-16-14(9-13)15(10-17-11(2)3)12(4)18(16)5/h7-9,11,17H,6,10H2,1-5H3. The van der Waals surface area contributed by atoms with E-state index in [2.05, 4.69) is 49.8 Å². The minimum atomic E-state index is 0.490. The highest BCUT2D eigenvalue weighted by atomic mass is 16.5. The summed E-state index contributed by atoms with van der Waals surface area (Å²) in [6, 6.07) is 6.84. The largest absolute Gasteiger partial charge is 0.494 e. The van der Waals surface area contributed by atoms with Crippen molar-refractivity contribution in [3.63, 3.8) is 0 Å². The fourth-order valence-corrected chi connectivity index (χ4v) is 2.41. The highest BCUT2D eigenvalue weighted by molar-refractivity contribution is 5.86. The Morgan fingerprint density at radius 1 is 1.32 bits per heavy atom. The van der Waals surface area contributed by atoms with Crippen LogP contribution in [0.5, 0.6) is 5.75 Å². The number of benzene rings is 1. The summed E-state index contributed by atoms with van der Waals surface area (Å²) >= 11 is 0. The second-order valence-corrected chi connectivity index (χ2v) is 5.27. The van der Waals surface area contributed by atoms with Gasteiger partial charge in [-0.25, -0.2) is 0 Å². The molecule has 0 amide bonds. The number of nitrogens with one attached hydrogen (secondary N) is 1. The Kier molecular flexibility index (Phi) is 4.15. The zero-order chi connectivity index (χ0) is 14.0. The first kappa shape index (κ1) is 13.9. The summed E-state index contributed by atoms with van der Waals surface area (Å²) < 4.78 is 7.87. The van der Waals surface area contributed by atoms with Crippen LogP contribution in [0.1, 0.15) is 32.0 Å². The fraction of sp³-hybridized carbons (Fsp3) is 0.500. The van der Waals surface area contributed by atoms with Gasteiger partial charge in [0.1, 0.15) is 5.75 Å². The van der Waals surface area contributed by atoms with Crippen molar-refractivity contribution < 1.29 is 4.74 Å². The van der Waals surface area contributed by atoms with Crippen LogP contribution in [-0.4, -0.2) is 17.2 Å². The molecule has 0 saturated heterocycles. The number of ether oxygens (including phenoxy) is 1. The molecule has 1 aromatic carbocycles. The molecule has 1 N–H and O–H groups in total. The maximum Gasteiger partial charge on any atom is 0.120 e. The summed E-state index contributed by atoms with van der Waals surface area (Å²) in [6.07, 6.45) is 0. The number of aromatic nitrogens is 1. The summed E-state index contributed by atoms with van der Waals surface area (Å²) in [4.78, 5) is 0. The van der Waals surface area contributed by atoms with Crippen LogP contribution in [0.2, 0.25) is 0 Å². The van der Waals surface area contributed by atoms with Crippen molar-refractivity contribution in [1.29, 1.82) is 0 Å². The molecule has 0 aliphatic heterocycles. The van der Waals surface area contributed by atoms with Crippen molar-refractivity contribution in [3.8, 4) is 5.75 Å². The van der Waals surface area contributed by atoms with Gasteiger partial charge < -0.3 is 14.6 Å². The number of hydrogen-bond acceptors (Lipinski definition) is 2. The molecule has 3 heteroatoms. The van der Waals surface area contributed by atoms with Crippen molar-refractivity contribution in [2.75, 3.05) is 6.61 Å². The minimum absolute atomic E-state index is 0.490. The van der Waals surface area contributed by atoms with E-state index < -0.39 is 0 Å². The Bertz CT molecular complexity index is 570. The van der Waals surface area contributed by atoms with Crippen molar-refractivity contribution >= 4 is 10.9 Å². The Hall–Kier alpha value is -1.48. The molecule has 0 bridgehead atoms. The van der Waals surface area contributed by atoms with Gasteiger partial charge in [-0.15, -0.1) is 0 Å². The van der Waals surface area contributed by atoms with E-state index in [1.54, 1.807) is 0 Å². The van der Waals surface area contributed by atoms with Crippen LogP contribution in [0.3, 0.4) is 0 Å². The van der Waals surface area contributed by atoms with E-state index >= 15 is 0 Å². The van der Waals surface area contributed by atoms with E-state index in [1.165, 1.54) is 22.2 Å². The third kappa shape index (κ3) is 2.76. The lowest BCUT2D eigenvalue weighted by Crippen LogP contribution is -2.22. The molecule has 0 aliphatic carbocycles. The van der Waals surface area contributed by atoms with Crippen LogP contribution in [0.25, 0.3) is 10.9 Å². The van der Waals surface area contributed by atoms with Crippen molar-refractivity contribution in [2.24, 2.45) is 7.05 Å². The molecule has 0 fully saturated rings. The summed E-state index contributed by atoms with van der Waals surface area (Å²) in [5, 5.41) is 4.80. The van der Waals surface area contributed by atoms with Gasteiger partial charge in [0.25, 0.3) is 0 Å². The molecular formula is C16H24N2O. The molecule has 0 radical (unpaired) electrons. The number of hydrogen-bond donors (Lipinski definition) is 1. The Morgan fingerprint density at radius 3 is 2.68 bits per heavy atom. The van der Waals surface area contributed by atoms with Gasteiger partial charge in [-0.3, -0.25) is 0 Å². The second kappa shape index (κ2) is 5.66. The number of nitrogens with zero attached hydrogens (tertiary/aromatic N) is 1. The van der Waals surface area contributed by atoms with Crippen LogP contribution in [0.4, 0.5) is 0 Å². The topological polar surface area (TPSA) is 26.2 Å². The molecule has 1 aromatic heterocycles. The predicted octanol–water partition coefficient (Wildman–Crippen LogP) is 3.38. The van der Waals surface area contributed by atoms with Gasteiger partial charge in [0.05, 0.1) is 6.61 Å². The molecule has 2 aromatic rings. The normalized spacial score (nSPS) is 11.5. The van der Waals surface area contributed by atoms with Crippen LogP contribution in [-0.2, 0) is 13.6 Å². The molecule has 0 aliphatic rings. The first-order chi connectivity index (χ1) is 9.04. The number of rotatable bonds is 5. The predicted molar refractivity (Wildman–Crippen MR) is 80.8 cm³/mol. The van der Waals surface area contributed by atoms with Gasteiger partial charge in [-0.2, -0.15) is 0 Å². The Labute approximate surface area is 115 Å². The Morgan fingerprint density at radius 2 is 2.05 bits per heavy atom. The highest BCUT2D eigenvalue weighted by Gasteiger charge is 2.12. The van der Waals surface area contributed by atoms with E-state index in [0.717, 1.165) is 12.3 Å². The van der Waals surface area contributed by atoms with Gasteiger partial charge in [0.2, 0.25) is 0 Å². The molecule has 0 atom stereocenters. The third-order valence-corrected chi connectivity index (χ3v) is 3.59. The summed E-state index contributed by atoms with van der Waals surface area (Å²) in [5.74, 6) is 0.950. The van der Waals surface area contributed by atoms with Crippen molar-refractivity contribution in [1.82, 2.24) is 9.88 Å². The molecule has 0 saturated carbocycles. The molecular weight excluding hydrogens is 236 g/mol. The quantitative estimate of drug-likeness (QED) is 0.892. The van der Waals surface area contributed by atoms with Gasteiger partial charge in [0.15, 0.2) is 0 Å².